The van der Waals surface area contributed by atoms with Crippen molar-refractivity contribution in [1.82, 2.24) is 5.32 Å². The van der Waals surface area contributed by atoms with Gasteiger partial charge < -0.3 is 15.4 Å². The van der Waals surface area contributed by atoms with E-state index in [4.69, 9.17) is 4.74 Å². The van der Waals surface area contributed by atoms with Crippen molar-refractivity contribution in [3.63, 3.8) is 0 Å². The number of aryl methyl sites for hydroxylation is 1. The topological polar surface area (TPSA) is 87.7 Å². The van der Waals surface area contributed by atoms with Crippen LogP contribution in [-0.4, -0.2) is 37.6 Å². The van der Waals surface area contributed by atoms with Gasteiger partial charge in [-0.1, -0.05) is 12.1 Å². The highest BCUT2D eigenvalue weighted by Gasteiger charge is 2.17. The number of ether oxygens (including phenoxy) is 1. The van der Waals surface area contributed by atoms with Gasteiger partial charge in [-0.05, 0) is 55.8 Å². The van der Waals surface area contributed by atoms with Crippen LogP contribution in [0.2, 0.25) is 0 Å². The molecule has 8 heteroatoms. The lowest BCUT2D eigenvalue weighted by atomic mass is 10.2. The number of nitrogens with one attached hydrogen (secondary N) is 2. The van der Waals surface area contributed by atoms with Gasteiger partial charge in [-0.25, -0.2) is 9.18 Å². The molecule has 30 heavy (non-hydrogen) atoms. The van der Waals surface area contributed by atoms with Crippen molar-refractivity contribution in [3.8, 4) is 0 Å². The molecule has 0 aliphatic heterocycles. The van der Waals surface area contributed by atoms with Crippen LogP contribution in [0.5, 0.6) is 0 Å². The van der Waals surface area contributed by atoms with Crippen molar-refractivity contribution < 1.29 is 23.5 Å². The molecule has 0 aliphatic rings. The first-order valence-corrected chi connectivity index (χ1v) is 9.72. The number of urea groups is 1. The van der Waals surface area contributed by atoms with Gasteiger partial charge in [0.1, 0.15) is 5.82 Å². The molecule has 2 rings (SSSR count). The van der Waals surface area contributed by atoms with E-state index < -0.39 is 17.8 Å². The minimum atomic E-state index is -0.432. The molecule has 2 aromatic carbocycles. The molecule has 0 atom stereocenters. The Morgan fingerprint density at radius 3 is 2.47 bits per heavy atom. The average molecular weight is 415 g/mol. The molecule has 160 valence electrons. The quantitative estimate of drug-likeness (QED) is 0.612. The highest BCUT2D eigenvalue weighted by atomic mass is 19.1. The van der Waals surface area contributed by atoms with Gasteiger partial charge in [-0.3, -0.25) is 14.5 Å². The average Bonchev–Trinajstić information content (AvgIpc) is 2.71. The Kier molecular flexibility index (Phi) is 8.80. The third kappa shape index (κ3) is 7.54. The van der Waals surface area contributed by atoms with Crippen LogP contribution in [0.1, 0.15) is 25.3 Å². The second-order valence-corrected chi connectivity index (χ2v) is 6.58. The Morgan fingerprint density at radius 1 is 1.07 bits per heavy atom. The lowest BCUT2D eigenvalue weighted by molar-refractivity contribution is -0.144. The number of hydrogen-bond donors (Lipinski definition) is 2. The Morgan fingerprint density at radius 2 is 1.80 bits per heavy atom. The zero-order valence-corrected chi connectivity index (χ0v) is 17.1. The van der Waals surface area contributed by atoms with E-state index in [0.717, 1.165) is 5.56 Å². The van der Waals surface area contributed by atoms with Gasteiger partial charge in [0.05, 0.1) is 13.0 Å². The van der Waals surface area contributed by atoms with E-state index in [1.165, 1.54) is 29.2 Å². The first-order chi connectivity index (χ1) is 14.4. The van der Waals surface area contributed by atoms with Crippen LogP contribution < -0.4 is 15.5 Å². The zero-order valence-electron chi connectivity index (χ0n) is 17.1. The maximum absolute atomic E-state index is 13.3. The predicted octanol–water partition coefficient (Wildman–Crippen LogP) is 3.63. The van der Waals surface area contributed by atoms with Crippen molar-refractivity contribution in [1.29, 1.82) is 0 Å². The first kappa shape index (κ1) is 22.9. The van der Waals surface area contributed by atoms with E-state index in [2.05, 4.69) is 10.6 Å². The van der Waals surface area contributed by atoms with Crippen LogP contribution >= 0.6 is 0 Å². The van der Waals surface area contributed by atoms with Gasteiger partial charge in [-0.2, -0.15) is 0 Å². The van der Waals surface area contributed by atoms with Crippen LogP contribution in [0.4, 0.5) is 20.6 Å². The summed E-state index contributed by atoms with van der Waals surface area (Å²) in [5.41, 5.74) is 2.11. The van der Waals surface area contributed by atoms with E-state index in [0.29, 0.717) is 11.4 Å². The van der Waals surface area contributed by atoms with Crippen LogP contribution in [-0.2, 0) is 14.3 Å². The van der Waals surface area contributed by atoms with Gasteiger partial charge in [0.15, 0.2) is 0 Å². The SMILES string of the molecule is CCOC(=O)CCC(=O)NCCN(C(=O)Nc1cccc(C)c1)c1ccc(F)cc1. The smallest absolute Gasteiger partial charge is 0.326 e. The van der Waals surface area contributed by atoms with Crippen molar-refractivity contribution in [2.75, 3.05) is 29.9 Å². The standard InChI is InChI=1S/C22H26FN3O4/c1-3-30-21(28)12-11-20(27)24-13-14-26(19-9-7-17(23)8-10-19)22(29)25-18-6-4-5-16(2)15-18/h4-10,15H,3,11-14H2,1-2H3,(H,24,27)(H,25,29). The molecule has 0 heterocycles. The molecule has 0 aliphatic carbocycles. The third-order valence-electron chi connectivity index (χ3n) is 4.17. The van der Waals surface area contributed by atoms with Gasteiger partial charge in [-0.15, -0.1) is 0 Å². The molecule has 0 spiro atoms. The largest absolute Gasteiger partial charge is 0.466 e. The van der Waals surface area contributed by atoms with E-state index in [9.17, 15) is 18.8 Å². The first-order valence-electron chi connectivity index (χ1n) is 9.72. The molecular formula is C22H26FN3O4. The van der Waals surface area contributed by atoms with Crippen molar-refractivity contribution in [2.45, 2.75) is 26.7 Å². The minimum absolute atomic E-state index is 0.00477. The number of carbonyl (C=O) groups is 3. The number of anilines is 2. The highest BCUT2D eigenvalue weighted by molar-refractivity contribution is 6.01. The molecule has 0 saturated heterocycles. The van der Waals surface area contributed by atoms with E-state index in [-0.39, 0.29) is 38.4 Å². The van der Waals surface area contributed by atoms with E-state index >= 15 is 0 Å². The van der Waals surface area contributed by atoms with E-state index in [1.54, 1.807) is 13.0 Å². The van der Waals surface area contributed by atoms with Crippen molar-refractivity contribution >= 4 is 29.3 Å². The number of halogens is 1. The Hall–Kier alpha value is -3.42. The summed E-state index contributed by atoms with van der Waals surface area (Å²) < 4.78 is 18.1. The van der Waals surface area contributed by atoms with E-state index in [1.807, 2.05) is 25.1 Å². The number of carbonyl (C=O) groups excluding carboxylic acids is 3. The number of benzene rings is 2. The lowest BCUT2D eigenvalue weighted by Crippen LogP contribution is -2.41. The third-order valence-corrected chi connectivity index (χ3v) is 4.17. The summed E-state index contributed by atoms with van der Waals surface area (Å²) in [6.45, 7) is 4.21. The molecular weight excluding hydrogens is 389 g/mol. The fraction of sp³-hybridized carbons (Fsp3) is 0.318. The number of amides is 3. The molecule has 0 radical (unpaired) electrons. The molecule has 0 saturated carbocycles. The Balaban J connectivity index is 1.98. The zero-order chi connectivity index (χ0) is 21.9. The maximum Gasteiger partial charge on any atom is 0.326 e. The minimum Gasteiger partial charge on any atom is -0.466 e. The Labute approximate surface area is 175 Å². The number of esters is 1. The van der Waals surface area contributed by atoms with Gasteiger partial charge >= 0.3 is 12.0 Å². The van der Waals surface area contributed by atoms with Crippen LogP contribution in [0.3, 0.4) is 0 Å². The number of rotatable bonds is 9. The summed E-state index contributed by atoms with van der Waals surface area (Å²) in [6, 6.07) is 12.5. The summed E-state index contributed by atoms with van der Waals surface area (Å²) in [7, 11) is 0. The van der Waals surface area contributed by atoms with Crippen LogP contribution in [0, 0.1) is 12.7 Å². The molecule has 0 bridgehead atoms. The van der Waals surface area contributed by atoms with Gasteiger partial charge in [0.25, 0.3) is 0 Å². The molecule has 0 aromatic heterocycles. The van der Waals surface area contributed by atoms with Crippen molar-refractivity contribution in [3.05, 3.63) is 59.9 Å². The fourth-order valence-electron chi connectivity index (χ4n) is 2.73. The second-order valence-electron chi connectivity index (χ2n) is 6.58. The molecule has 2 N–H and O–H groups in total. The molecule has 0 unspecified atom stereocenters. The van der Waals surface area contributed by atoms with Gasteiger partial charge in [0, 0.05) is 30.9 Å². The van der Waals surface area contributed by atoms with Crippen LogP contribution in [0.15, 0.2) is 48.5 Å². The lowest BCUT2D eigenvalue weighted by Gasteiger charge is -2.23. The summed E-state index contributed by atoms with van der Waals surface area (Å²) in [6.07, 6.45) is 0.0000638. The monoisotopic (exact) mass is 415 g/mol. The van der Waals surface area contributed by atoms with Gasteiger partial charge in [0.2, 0.25) is 5.91 Å². The van der Waals surface area contributed by atoms with Crippen LogP contribution in [0.25, 0.3) is 0 Å². The Bertz CT molecular complexity index is 871. The molecule has 2 aromatic rings. The summed E-state index contributed by atoms with van der Waals surface area (Å²) in [5.74, 6) is -1.16. The molecule has 7 nitrogen and oxygen atoms in total. The summed E-state index contributed by atoms with van der Waals surface area (Å²) in [4.78, 5) is 37.5. The summed E-state index contributed by atoms with van der Waals surface area (Å²) >= 11 is 0. The number of nitrogens with zero attached hydrogens (tertiary/aromatic N) is 1. The van der Waals surface area contributed by atoms with Crippen molar-refractivity contribution in [2.24, 2.45) is 0 Å². The summed E-state index contributed by atoms with van der Waals surface area (Å²) in [5, 5.41) is 5.48. The molecule has 3 amide bonds. The number of hydrogen-bond acceptors (Lipinski definition) is 4. The maximum atomic E-state index is 13.3. The fourth-order valence-corrected chi connectivity index (χ4v) is 2.73. The highest BCUT2D eigenvalue weighted by Crippen LogP contribution is 2.17. The second kappa shape index (κ2) is 11.5. The predicted molar refractivity (Wildman–Crippen MR) is 113 cm³/mol. The molecule has 0 fully saturated rings. The normalized spacial score (nSPS) is 10.2.